The summed E-state index contributed by atoms with van der Waals surface area (Å²) in [4.78, 5) is 39.0. The van der Waals surface area contributed by atoms with E-state index in [9.17, 15) is 85.9 Å². The van der Waals surface area contributed by atoms with E-state index in [1.54, 1.807) is 6.92 Å². The third kappa shape index (κ3) is 8.79. The standard InChI is InChI=1S/C37H42O22/c1-3-11(2)24(43)23-19(58-37-33(52)31(50)28(47)21(59-37)10-56-36(54)13-6-17(41)26(45)18(42)7-13)8-14(38)22(29(23)48)34-32(51)30(49)27(46)20(57-34)9-55-35(53)12-4-15(39)25(44)16(40)5-12/h4-8,11,20-21,27-28,30-34,37-42,44-52H,3,9-10H2,1-2H3. The Hall–Kier alpha value is -5.85. The Morgan fingerprint density at radius 1 is 0.593 bits per heavy atom. The molecule has 2 aliphatic rings. The number of benzene rings is 3. The van der Waals surface area contributed by atoms with Crippen LogP contribution in [0.25, 0.3) is 0 Å². The molecule has 2 fully saturated rings. The van der Waals surface area contributed by atoms with E-state index < -0.39 is 172 Å². The number of carbonyl (C=O) groups excluding carboxylic acids is 3. The first-order valence-electron chi connectivity index (χ1n) is 17.7. The number of Topliss-reactive ketones (excluding diaryl/α,β-unsaturated/α-hetero) is 1. The van der Waals surface area contributed by atoms with Gasteiger partial charge in [0.15, 0.2) is 40.3 Å². The fourth-order valence-corrected chi connectivity index (χ4v) is 6.22. The highest BCUT2D eigenvalue weighted by Gasteiger charge is 2.49. The lowest BCUT2D eigenvalue weighted by Gasteiger charge is -2.41. The Labute approximate surface area is 332 Å². The van der Waals surface area contributed by atoms with E-state index in [0.717, 1.165) is 30.3 Å². The molecular weight excluding hydrogens is 796 g/mol. The second-order valence-corrected chi connectivity index (χ2v) is 13.8. The zero-order valence-corrected chi connectivity index (χ0v) is 30.9. The molecule has 322 valence electrons. The number of hydrogen-bond acceptors (Lipinski definition) is 22. The van der Waals surface area contributed by atoms with E-state index >= 15 is 0 Å². The van der Waals surface area contributed by atoms with Gasteiger partial charge < -0.3 is 95.2 Å². The second-order valence-electron chi connectivity index (χ2n) is 13.8. The fourth-order valence-electron chi connectivity index (χ4n) is 6.22. The Balaban J connectivity index is 1.42. The van der Waals surface area contributed by atoms with Crippen molar-refractivity contribution >= 4 is 17.7 Å². The molecule has 22 nitrogen and oxygen atoms in total. The number of ether oxygens (including phenoxy) is 5. The first-order chi connectivity index (χ1) is 27.7. The molecule has 0 amide bonds. The predicted octanol–water partition coefficient (Wildman–Crippen LogP) is -1.02. The number of phenolic OH excluding ortho intramolecular Hbond substituents is 8. The summed E-state index contributed by atoms with van der Waals surface area (Å²) >= 11 is 0. The van der Waals surface area contributed by atoms with Gasteiger partial charge in [0.2, 0.25) is 6.29 Å². The van der Waals surface area contributed by atoms with Gasteiger partial charge in [-0.1, -0.05) is 13.8 Å². The number of ketones is 1. The van der Waals surface area contributed by atoms with Crippen molar-refractivity contribution in [2.75, 3.05) is 13.2 Å². The first kappa shape index (κ1) is 44.3. The zero-order valence-electron chi connectivity index (χ0n) is 30.9. The van der Waals surface area contributed by atoms with E-state index in [2.05, 4.69) is 0 Å². The summed E-state index contributed by atoms with van der Waals surface area (Å²) in [5.74, 6) is -12.2. The molecule has 11 atom stereocenters. The summed E-state index contributed by atoms with van der Waals surface area (Å²) < 4.78 is 27.1. The number of hydrogen-bond donors (Lipinski definition) is 14. The molecular formula is C37H42O22. The van der Waals surface area contributed by atoms with Crippen LogP contribution in [0.3, 0.4) is 0 Å². The zero-order chi connectivity index (χ0) is 43.8. The molecule has 22 heteroatoms. The molecule has 0 aromatic heterocycles. The summed E-state index contributed by atoms with van der Waals surface area (Å²) in [5.41, 5.74) is -2.35. The molecule has 0 saturated carbocycles. The molecule has 0 bridgehead atoms. The summed E-state index contributed by atoms with van der Waals surface area (Å²) in [6.45, 7) is 1.32. The Kier molecular flexibility index (Phi) is 13.2. The molecule has 59 heavy (non-hydrogen) atoms. The van der Waals surface area contributed by atoms with Crippen LogP contribution in [-0.4, -0.2) is 158 Å². The number of aliphatic hydroxyl groups excluding tert-OH is 6. The van der Waals surface area contributed by atoms with Crippen molar-refractivity contribution in [3.8, 4) is 51.7 Å². The van der Waals surface area contributed by atoms with Crippen LogP contribution in [-0.2, 0) is 18.9 Å². The van der Waals surface area contributed by atoms with Crippen LogP contribution in [0.5, 0.6) is 51.7 Å². The monoisotopic (exact) mass is 838 g/mol. The lowest BCUT2D eigenvalue weighted by Crippen LogP contribution is -2.60. The molecule has 2 saturated heterocycles. The number of aromatic hydroxyl groups is 8. The van der Waals surface area contributed by atoms with Crippen LogP contribution in [0, 0.1) is 5.92 Å². The maximum Gasteiger partial charge on any atom is 0.338 e. The Morgan fingerprint density at radius 3 is 1.49 bits per heavy atom. The van der Waals surface area contributed by atoms with Crippen LogP contribution < -0.4 is 4.74 Å². The summed E-state index contributed by atoms with van der Waals surface area (Å²) in [5, 5.41) is 145. The topological polar surface area (TPSA) is 381 Å². The van der Waals surface area contributed by atoms with Crippen molar-refractivity contribution in [1.82, 2.24) is 0 Å². The van der Waals surface area contributed by atoms with Crippen LogP contribution >= 0.6 is 0 Å². The molecule has 0 radical (unpaired) electrons. The van der Waals surface area contributed by atoms with Crippen molar-refractivity contribution < 1.29 is 110 Å². The average molecular weight is 839 g/mol. The molecule has 3 aromatic rings. The van der Waals surface area contributed by atoms with E-state index in [-0.39, 0.29) is 6.42 Å². The van der Waals surface area contributed by atoms with Crippen molar-refractivity contribution in [3.05, 3.63) is 52.6 Å². The quantitative estimate of drug-likeness (QED) is 0.0590. The highest BCUT2D eigenvalue weighted by atomic mass is 16.7. The molecule has 2 heterocycles. The number of carbonyl (C=O) groups is 3. The van der Waals surface area contributed by atoms with E-state index in [1.807, 2.05) is 0 Å². The number of phenols is 8. The largest absolute Gasteiger partial charge is 0.507 e. The molecule has 5 rings (SSSR count). The molecule has 0 spiro atoms. The lowest BCUT2D eigenvalue weighted by molar-refractivity contribution is -0.277. The van der Waals surface area contributed by atoms with Gasteiger partial charge in [-0.2, -0.15) is 0 Å². The predicted molar refractivity (Wildman–Crippen MR) is 190 cm³/mol. The molecule has 2 aliphatic heterocycles. The minimum absolute atomic E-state index is 0.170. The molecule has 0 aliphatic carbocycles. The van der Waals surface area contributed by atoms with Crippen molar-refractivity contribution in [2.45, 2.75) is 81.5 Å². The van der Waals surface area contributed by atoms with Gasteiger partial charge in [-0.3, -0.25) is 4.79 Å². The fraction of sp³-hybridized carbons (Fsp3) is 0.432. The normalized spacial score (nSPS) is 27.4. The molecule has 3 aromatic carbocycles. The molecule has 11 unspecified atom stereocenters. The lowest BCUT2D eigenvalue weighted by atomic mass is 9.87. The smallest absolute Gasteiger partial charge is 0.338 e. The van der Waals surface area contributed by atoms with E-state index in [4.69, 9.17) is 23.7 Å². The van der Waals surface area contributed by atoms with Gasteiger partial charge in [0.1, 0.15) is 91.0 Å². The minimum Gasteiger partial charge on any atom is -0.507 e. The minimum atomic E-state index is -2.13. The van der Waals surface area contributed by atoms with Gasteiger partial charge in [0.25, 0.3) is 0 Å². The Morgan fingerprint density at radius 2 is 1.03 bits per heavy atom. The number of esters is 2. The van der Waals surface area contributed by atoms with Gasteiger partial charge in [-0.25, -0.2) is 9.59 Å². The second kappa shape index (κ2) is 17.6. The van der Waals surface area contributed by atoms with Crippen LogP contribution in [0.1, 0.15) is 63.0 Å². The third-order valence-corrected chi connectivity index (χ3v) is 9.87. The number of aliphatic hydroxyl groups is 6. The summed E-state index contributed by atoms with van der Waals surface area (Å²) in [7, 11) is 0. The third-order valence-electron chi connectivity index (χ3n) is 9.87. The average Bonchev–Trinajstić information content (AvgIpc) is 3.19. The van der Waals surface area contributed by atoms with E-state index in [1.165, 1.54) is 6.92 Å². The highest BCUT2D eigenvalue weighted by Crippen LogP contribution is 2.48. The maximum absolute atomic E-state index is 13.8. The van der Waals surface area contributed by atoms with Crippen LogP contribution in [0.2, 0.25) is 0 Å². The van der Waals surface area contributed by atoms with Gasteiger partial charge >= 0.3 is 11.9 Å². The number of rotatable bonds is 12. The van der Waals surface area contributed by atoms with Crippen LogP contribution in [0.4, 0.5) is 0 Å². The highest BCUT2D eigenvalue weighted by molar-refractivity contribution is 6.03. The van der Waals surface area contributed by atoms with Gasteiger partial charge in [-0.15, -0.1) is 0 Å². The van der Waals surface area contributed by atoms with E-state index in [0.29, 0.717) is 0 Å². The SMILES string of the molecule is CCC(C)C(=O)c1c(OC2OC(COC(=O)c3cc(O)c(O)c(O)c3)C(O)C(O)C2O)cc(O)c(C2OC(COC(=O)c3cc(O)c(O)c(O)c3)C(O)C(O)C2O)c1O. The molecule has 14 N–H and O–H groups in total. The van der Waals surface area contributed by atoms with Crippen molar-refractivity contribution in [2.24, 2.45) is 5.92 Å². The van der Waals surface area contributed by atoms with Gasteiger partial charge in [0, 0.05) is 12.0 Å². The first-order valence-corrected chi connectivity index (χ1v) is 17.7. The van der Waals surface area contributed by atoms with Crippen molar-refractivity contribution in [3.63, 3.8) is 0 Å². The Bertz CT molecular complexity index is 2020. The van der Waals surface area contributed by atoms with Crippen LogP contribution in [0.15, 0.2) is 30.3 Å². The van der Waals surface area contributed by atoms with Crippen molar-refractivity contribution in [1.29, 1.82) is 0 Å². The summed E-state index contributed by atoms with van der Waals surface area (Å²) in [6, 6.07) is 3.74. The maximum atomic E-state index is 13.8. The van der Waals surface area contributed by atoms with Gasteiger partial charge in [0.05, 0.1) is 16.7 Å². The summed E-state index contributed by atoms with van der Waals surface area (Å²) in [6.07, 6.45) is -19.5. The van der Waals surface area contributed by atoms with Gasteiger partial charge in [-0.05, 0) is 30.7 Å².